The first-order chi connectivity index (χ1) is 9.15. The maximum absolute atomic E-state index is 12.9. The summed E-state index contributed by atoms with van der Waals surface area (Å²) in [5.74, 6) is -0.526. The fourth-order valence-electron chi connectivity index (χ4n) is 2.40. The fraction of sp³-hybridized carbons (Fsp3) is 0.571. The lowest BCUT2D eigenvalue weighted by Gasteiger charge is -2.39. The van der Waals surface area contributed by atoms with Gasteiger partial charge in [-0.25, -0.2) is 9.37 Å². The zero-order valence-electron chi connectivity index (χ0n) is 11.4. The highest BCUT2D eigenvalue weighted by Gasteiger charge is 2.30. The number of halogens is 1. The number of carbonyl (C=O) groups is 1. The molecule has 1 aliphatic rings. The van der Waals surface area contributed by atoms with E-state index in [4.69, 9.17) is 0 Å². The van der Waals surface area contributed by atoms with Crippen LogP contribution in [0.1, 0.15) is 37.2 Å². The Morgan fingerprint density at radius 2 is 2.26 bits per heavy atom. The molecule has 0 aliphatic carbocycles. The molecule has 2 rings (SSSR count). The van der Waals surface area contributed by atoms with Gasteiger partial charge in [0.1, 0.15) is 11.5 Å². The summed E-state index contributed by atoms with van der Waals surface area (Å²) in [5.41, 5.74) is 0.316. The van der Waals surface area contributed by atoms with Crippen LogP contribution in [-0.4, -0.2) is 41.0 Å². The number of nitrogens with zero attached hydrogens (tertiary/aromatic N) is 2. The highest BCUT2D eigenvalue weighted by atomic mass is 19.1. The second-order valence-electron chi connectivity index (χ2n) is 4.89. The first-order valence-corrected chi connectivity index (χ1v) is 6.81. The van der Waals surface area contributed by atoms with E-state index in [1.807, 2.05) is 4.90 Å². The Kier molecular flexibility index (Phi) is 4.47. The minimum absolute atomic E-state index is 0.105. The van der Waals surface area contributed by atoms with Crippen molar-refractivity contribution in [3.05, 3.63) is 29.8 Å². The summed E-state index contributed by atoms with van der Waals surface area (Å²) >= 11 is 0. The SMILES string of the molecule is CCC1CN(C(=O)c2ccc(F)cn2)C(CC)CN1. The fourth-order valence-corrected chi connectivity index (χ4v) is 2.40. The second kappa shape index (κ2) is 6.10. The number of rotatable bonds is 3. The second-order valence-corrected chi connectivity index (χ2v) is 4.89. The predicted octanol–water partition coefficient (Wildman–Crippen LogP) is 1.82. The molecular weight excluding hydrogens is 245 g/mol. The summed E-state index contributed by atoms with van der Waals surface area (Å²) in [6.07, 6.45) is 2.97. The zero-order valence-corrected chi connectivity index (χ0v) is 11.4. The Morgan fingerprint density at radius 3 is 2.84 bits per heavy atom. The molecule has 5 heteroatoms. The van der Waals surface area contributed by atoms with Crippen molar-refractivity contribution in [2.75, 3.05) is 13.1 Å². The maximum atomic E-state index is 12.9. The Bertz CT molecular complexity index is 435. The molecule has 1 aromatic rings. The van der Waals surface area contributed by atoms with Crippen LogP contribution in [0.5, 0.6) is 0 Å². The summed E-state index contributed by atoms with van der Waals surface area (Å²) in [7, 11) is 0. The van der Waals surface area contributed by atoms with Gasteiger partial charge in [0.15, 0.2) is 0 Å². The number of pyridine rings is 1. The monoisotopic (exact) mass is 265 g/mol. The standard InChI is InChI=1S/C14H20FN3O/c1-3-11-9-18(12(4-2)8-16-11)14(19)13-6-5-10(15)7-17-13/h5-7,11-12,16H,3-4,8-9H2,1-2H3. The van der Waals surface area contributed by atoms with Crippen LogP contribution in [0.25, 0.3) is 0 Å². The topological polar surface area (TPSA) is 45.2 Å². The third-order valence-electron chi connectivity index (χ3n) is 3.67. The molecule has 2 heterocycles. The van der Waals surface area contributed by atoms with Gasteiger partial charge in [-0.05, 0) is 25.0 Å². The summed E-state index contributed by atoms with van der Waals surface area (Å²) < 4.78 is 12.9. The molecule has 1 fully saturated rings. The van der Waals surface area contributed by atoms with Gasteiger partial charge >= 0.3 is 0 Å². The van der Waals surface area contributed by atoms with Gasteiger partial charge in [-0.2, -0.15) is 0 Å². The van der Waals surface area contributed by atoms with E-state index in [-0.39, 0.29) is 11.9 Å². The number of nitrogens with one attached hydrogen (secondary N) is 1. The molecule has 2 atom stereocenters. The van der Waals surface area contributed by atoms with Crippen LogP contribution in [0, 0.1) is 5.82 Å². The van der Waals surface area contributed by atoms with Gasteiger partial charge in [-0.15, -0.1) is 0 Å². The smallest absolute Gasteiger partial charge is 0.272 e. The minimum atomic E-state index is -0.421. The molecule has 0 radical (unpaired) electrons. The van der Waals surface area contributed by atoms with E-state index in [0.717, 1.165) is 25.6 Å². The van der Waals surface area contributed by atoms with E-state index in [1.165, 1.54) is 12.1 Å². The normalized spacial score (nSPS) is 23.4. The Hall–Kier alpha value is -1.49. The lowest BCUT2D eigenvalue weighted by atomic mass is 10.0. The van der Waals surface area contributed by atoms with Crippen molar-refractivity contribution < 1.29 is 9.18 Å². The molecule has 0 spiro atoms. The predicted molar refractivity (Wildman–Crippen MR) is 71.4 cm³/mol. The largest absolute Gasteiger partial charge is 0.332 e. The van der Waals surface area contributed by atoms with Crippen molar-refractivity contribution in [2.24, 2.45) is 0 Å². The van der Waals surface area contributed by atoms with Crippen molar-refractivity contribution in [1.29, 1.82) is 0 Å². The molecule has 1 saturated heterocycles. The van der Waals surface area contributed by atoms with Crippen LogP contribution in [0.4, 0.5) is 4.39 Å². The number of carbonyl (C=O) groups excluding carboxylic acids is 1. The molecule has 1 N–H and O–H groups in total. The average Bonchev–Trinajstić information content (AvgIpc) is 2.46. The van der Waals surface area contributed by atoms with Crippen LogP contribution in [-0.2, 0) is 0 Å². The van der Waals surface area contributed by atoms with Gasteiger partial charge in [0.25, 0.3) is 5.91 Å². The molecular formula is C14H20FN3O. The van der Waals surface area contributed by atoms with Crippen molar-refractivity contribution >= 4 is 5.91 Å². The van der Waals surface area contributed by atoms with Gasteiger partial charge in [0.2, 0.25) is 0 Å². The number of hydrogen-bond acceptors (Lipinski definition) is 3. The molecule has 4 nitrogen and oxygen atoms in total. The summed E-state index contributed by atoms with van der Waals surface area (Å²) in [4.78, 5) is 18.2. The molecule has 104 valence electrons. The maximum Gasteiger partial charge on any atom is 0.272 e. The van der Waals surface area contributed by atoms with E-state index in [0.29, 0.717) is 18.3 Å². The minimum Gasteiger partial charge on any atom is -0.332 e. The van der Waals surface area contributed by atoms with Gasteiger partial charge < -0.3 is 10.2 Å². The van der Waals surface area contributed by atoms with Crippen LogP contribution in [0.2, 0.25) is 0 Å². The number of piperazine rings is 1. The first kappa shape index (κ1) is 13.9. The molecule has 19 heavy (non-hydrogen) atoms. The highest BCUT2D eigenvalue weighted by molar-refractivity contribution is 5.92. The van der Waals surface area contributed by atoms with Crippen LogP contribution in [0.15, 0.2) is 18.3 Å². The Morgan fingerprint density at radius 1 is 1.47 bits per heavy atom. The van der Waals surface area contributed by atoms with E-state index in [9.17, 15) is 9.18 Å². The summed E-state index contributed by atoms with van der Waals surface area (Å²) in [6, 6.07) is 3.24. The average molecular weight is 265 g/mol. The molecule has 0 aromatic carbocycles. The van der Waals surface area contributed by atoms with Gasteiger partial charge in [-0.3, -0.25) is 4.79 Å². The van der Waals surface area contributed by atoms with Crippen LogP contribution in [0.3, 0.4) is 0 Å². The summed E-state index contributed by atoms with van der Waals surface area (Å²) in [6.45, 7) is 5.66. The Labute approximate surface area is 113 Å². The van der Waals surface area contributed by atoms with Gasteiger partial charge in [0, 0.05) is 25.2 Å². The summed E-state index contributed by atoms with van der Waals surface area (Å²) in [5, 5.41) is 3.44. The lowest BCUT2D eigenvalue weighted by molar-refractivity contribution is 0.0570. The van der Waals surface area contributed by atoms with Crippen molar-refractivity contribution in [3.63, 3.8) is 0 Å². The number of aromatic nitrogens is 1. The zero-order chi connectivity index (χ0) is 13.8. The van der Waals surface area contributed by atoms with Crippen LogP contribution >= 0.6 is 0 Å². The molecule has 1 amide bonds. The van der Waals surface area contributed by atoms with Crippen LogP contribution < -0.4 is 5.32 Å². The molecule has 1 aromatic heterocycles. The molecule has 1 aliphatic heterocycles. The third-order valence-corrected chi connectivity index (χ3v) is 3.67. The number of hydrogen-bond donors (Lipinski definition) is 1. The van der Waals surface area contributed by atoms with E-state index in [2.05, 4.69) is 24.1 Å². The van der Waals surface area contributed by atoms with Crippen molar-refractivity contribution in [3.8, 4) is 0 Å². The van der Waals surface area contributed by atoms with E-state index < -0.39 is 5.82 Å². The lowest BCUT2D eigenvalue weighted by Crippen LogP contribution is -2.58. The molecule has 2 unspecified atom stereocenters. The van der Waals surface area contributed by atoms with E-state index in [1.54, 1.807) is 0 Å². The quantitative estimate of drug-likeness (QED) is 0.906. The number of amides is 1. The third kappa shape index (κ3) is 3.10. The van der Waals surface area contributed by atoms with Gasteiger partial charge in [0.05, 0.1) is 6.20 Å². The van der Waals surface area contributed by atoms with Crippen molar-refractivity contribution in [2.45, 2.75) is 38.8 Å². The van der Waals surface area contributed by atoms with Crippen molar-refractivity contribution in [1.82, 2.24) is 15.2 Å². The molecule has 0 saturated carbocycles. The highest BCUT2D eigenvalue weighted by Crippen LogP contribution is 2.15. The van der Waals surface area contributed by atoms with E-state index >= 15 is 0 Å². The Balaban J connectivity index is 2.16. The molecule has 0 bridgehead atoms. The van der Waals surface area contributed by atoms with Gasteiger partial charge in [-0.1, -0.05) is 13.8 Å². The first-order valence-electron chi connectivity index (χ1n) is 6.81.